The molecule has 0 amide bonds. The molecule has 2 nitrogen and oxygen atoms in total. The topological polar surface area (TPSA) is 24.9 Å². The summed E-state index contributed by atoms with van der Waals surface area (Å²) >= 11 is 1.79. The molecule has 1 N–H and O–H groups in total. The summed E-state index contributed by atoms with van der Waals surface area (Å²) in [7, 11) is 0. The van der Waals surface area contributed by atoms with Crippen LogP contribution in [0.1, 0.15) is 24.3 Å². The lowest BCUT2D eigenvalue weighted by molar-refractivity contribution is 0.469. The van der Waals surface area contributed by atoms with Gasteiger partial charge in [-0.15, -0.1) is 11.3 Å². The van der Waals surface area contributed by atoms with Crippen LogP contribution < -0.4 is 5.32 Å². The molecule has 0 saturated carbocycles. The predicted octanol–water partition coefficient (Wildman–Crippen LogP) is 2.08. The number of hydrogen-bond donors (Lipinski definition) is 1. The SMILES string of the molecule is c1csc(CC2CCCNCC2)n1. The Balaban J connectivity index is 1.86. The quantitative estimate of drug-likeness (QED) is 0.783. The molecule has 72 valence electrons. The summed E-state index contributed by atoms with van der Waals surface area (Å²) < 4.78 is 0. The molecule has 1 aliphatic rings. The minimum absolute atomic E-state index is 0.862. The van der Waals surface area contributed by atoms with Gasteiger partial charge in [-0.05, 0) is 38.3 Å². The fourth-order valence-corrected chi connectivity index (χ4v) is 2.63. The van der Waals surface area contributed by atoms with Crippen molar-refractivity contribution in [3.8, 4) is 0 Å². The summed E-state index contributed by atoms with van der Waals surface area (Å²) in [6.45, 7) is 2.39. The van der Waals surface area contributed by atoms with Gasteiger partial charge in [0.05, 0.1) is 5.01 Å². The molecule has 1 unspecified atom stereocenters. The van der Waals surface area contributed by atoms with Crippen LogP contribution in [0.15, 0.2) is 11.6 Å². The molecule has 0 spiro atoms. The summed E-state index contributed by atoms with van der Waals surface area (Å²) in [5.74, 6) is 0.862. The molecule has 0 aliphatic carbocycles. The molecular weight excluding hydrogens is 180 g/mol. The zero-order chi connectivity index (χ0) is 8.93. The average Bonchev–Trinajstić information content (AvgIpc) is 2.49. The van der Waals surface area contributed by atoms with Crippen molar-refractivity contribution in [2.24, 2.45) is 5.92 Å². The van der Waals surface area contributed by atoms with Crippen molar-refractivity contribution in [3.05, 3.63) is 16.6 Å². The van der Waals surface area contributed by atoms with Crippen LogP contribution in [0.25, 0.3) is 0 Å². The number of hydrogen-bond acceptors (Lipinski definition) is 3. The molecule has 1 aliphatic heterocycles. The Morgan fingerprint density at radius 3 is 3.31 bits per heavy atom. The predicted molar refractivity (Wildman–Crippen MR) is 56.0 cm³/mol. The Bertz CT molecular complexity index is 225. The highest BCUT2D eigenvalue weighted by molar-refractivity contribution is 7.09. The van der Waals surface area contributed by atoms with Crippen LogP contribution in [0.5, 0.6) is 0 Å². The lowest BCUT2D eigenvalue weighted by Crippen LogP contribution is -2.14. The van der Waals surface area contributed by atoms with Crippen LogP contribution in [0.4, 0.5) is 0 Å². The number of nitrogens with zero attached hydrogens (tertiary/aromatic N) is 1. The van der Waals surface area contributed by atoms with Gasteiger partial charge in [-0.3, -0.25) is 0 Å². The van der Waals surface area contributed by atoms with E-state index in [0.29, 0.717) is 0 Å². The van der Waals surface area contributed by atoms with Crippen molar-refractivity contribution in [2.45, 2.75) is 25.7 Å². The van der Waals surface area contributed by atoms with E-state index < -0.39 is 0 Å². The Morgan fingerprint density at radius 1 is 1.46 bits per heavy atom. The highest BCUT2D eigenvalue weighted by Gasteiger charge is 2.13. The molecule has 2 rings (SSSR count). The first-order valence-corrected chi connectivity index (χ1v) is 5.92. The van der Waals surface area contributed by atoms with Crippen molar-refractivity contribution in [3.63, 3.8) is 0 Å². The van der Waals surface area contributed by atoms with E-state index in [1.165, 1.54) is 43.8 Å². The minimum Gasteiger partial charge on any atom is -0.317 e. The lowest BCUT2D eigenvalue weighted by atomic mass is 9.97. The van der Waals surface area contributed by atoms with E-state index in [-0.39, 0.29) is 0 Å². The molecule has 0 bridgehead atoms. The monoisotopic (exact) mass is 196 g/mol. The molecule has 0 radical (unpaired) electrons. The highest BCUT2D eigenvalue weighted by atomic mass is 32.1. The summed E-state index contributed by atoms with van der Waals surface area (Å²) in [5.41, 5.74) is 0. The minimum atomic E-state index is 0.862. The first-order valence-electron chi connectivity index (χ1n) is 5.04. The molecule has 2 heterocycles. The van der Waals surface area contributed by atoms with Crippen LogP contribution in [-0.2, 0) is 6.42 Å². The van der Waals surface area contributed by atoms with E-state index in [0.717, 1.165) is 5.92 Å². The maximum Gasteiger partial charge on any atom is 0.0927 e. The van der Waals surface area contributed by atoms with Gasteiger partial charge in [-0.2, -0.15) is 0 Å². The van der Waals surface area contributed by atoms with Gasteiger partial charge in [0.15, 0.2) is 0 Å². The molecular formula is C10H16N2S. The largest absolute Gasteiger partial charge is 0.317 e. The van der Waals surface area contributed by atoms with E-state index in [2.05, 4.69) is 15.7 Å². The Hall–Kier alpha value is -0.410. The van der Waals surface area contributed by atoms with E-state index in [1.807, 2.05) is 6.20 Å². The molecule has 1 atom stereocenters. The van der Waals surface area contributed by atoms with Crippen LogP contribution in [0.3, 0.4) is 0 Å². The van der Waals surface area contributed by atoms with E-state index >= 15 is 0 Å². The van der Waals surface area contributed by atoms with Gasteiger partial charge in [0.2, 0.25) is 0 Å². The van der Waals surface area contributed by atoms with Gasteiger partial charge in [0.1, 0.15) is 0 Å². The lowest BCUT2D eigenvalue weighted by Gasteiger charge is -2.10. The number of nitrogens with one attached hydrogen (secondary N) is 1. The molecule has 1 fully saturated rings. The molecule has 1 saturated heterocycles. The van der Waals surface area contributed by atoms with Gasteiger partial charge < -0.3 is 5.32 Å². The second kappa shape index (κ2) is 4.72. The maximum atomic E-state index is 4.34. The summed E-state index contributed by atoms with van der Waals surface area (Å²) in [4.78, 5) is 4.34. The molecule has 1 aromatic rings. The average molecular weight is 196 g/mol. The third-order valence-corrected chi connectivity index (χ3v) is 3.44. The van der Waals surface area contributed by atoms with Crippen LogP contribution in [0, 0.1) is 5.92 Å². The Kier molecular flexibility index (Phi) is 3.33. The van der Waals surface area contributed by atoms with Gasteiger partial charge in [0.25, 0.3) is 0 Å². The fraction of sp³-hybridized carbons (Fsp3) is 0.700. The zero-order valence-corrected chi connectivity index (χ0v) is 8.65. The van der Waals surface area contributed by atoms with Crippen molar-refractivity contribution in [1.29, 1.82) is 0 Å². The molecule has 3 heteroatoms. The zero-order valence-electron chi connectivity index (χ0n) is 7.83. The summed E-state index contributed by atoms with van der Waals surface area (Å²) in [6.07, 6.45) is 7.12. The third-order valence-electron chi connectivity index (χ3n) is 2.64. The van der Waals surface area contributed by atoms with Crippen molar-refractivity contribution < 1.29 is 0 Å². The van der Waals surface area contributed by atoms with Crippen molar-refractivity contribution >= 4 is 11.3 Å². The smallest absolute Gasteiger partial charge is 0.0927 e. The third kappa shape index (κ3) is 2.78. The van der Waals surface area contributed by atoms with Crippen molar-refractivity contribution in [1.82, 2.24) is 10.3 Å². The van der Waals surface area contributed by atoms with E-state index in [4.69, 9.17) is 0 Å². The Morgan fingerprint density at radius 2 is 2.46 bits per heavy atom. The Labute approximate surface area is 83.4 Å². The summed E-state index contributed by atoms with van der Waals surface area (Å²) in [6, 6.07) is 0. The number of rotatable bonds is 2. The standard InChI is InChI=1S/C10H16N2S/c1-2-9(3-5-11-4-1)8-10-12-6-7-13-10/h6-7,9,11H,1-5,8H2. The van der Waals surface area contributed by atoms with Gasteiger partial charge in [-0.1, -0.05) is 0 Å². The second-order valence-corrected chi connectivity index (χ2v) is 4.66. The molecule has 1 aromatic heterocycles. The van der Waals surface area contributed by atoms with E-state index in [9.17, 15) is 0 Å². The van der Waals surface area contributed by atoms with Crippen LogP contribution in [-0.4, -0.2) is 18.1 Å². The highest BCUT2D eigenvalue weighted by Crippen LogP contribution is 2.20. The summed E-state index contributed by atoms with van der Waals surface area (Å²) in [5, 5.41) is 6.83. The van der Waals surface area contributed by atoms with Gasteiger partial charge in [-0.25, -0.2) is 4.98 Å². The first-order chi connectivity index (χ1) is 6.45. The second-order valence-electron chi connectivity index (χ2n) is 3.68. The van der Waals surface area contributed by atoms with Gasteiger partial charge in [0, 0.05) is 18.0 Å². The van der Waals surface area contributed by atoms with Crippen LogP contribution in [0.2, 0.25) is 0 Å². The molecule has 0 aromatic carbocycles. The molecule has 13 heavy (non-hydrogen) atoms. The van der Waals surface area contributed by atoms with Gasteiger partial charge >= 0.3 is 0 Å². The van der Waals surface area contributed by atoms with Crippen LogP contribution >= 0.6 is 11.3 Å². The maximum absolute atomic E-state index is 4.34. The first kappa shape index (κ1) is 9.16. The normalized spacial score (nSPS) is 24.2. The van der Waals surface area contributed by atoms with Crippen molar-refractivity contribution in [2.75, 3.05) is 13.1 Å². The number of thiazole rings is 1. The number of aromatic nitrogens is 1. The fourth-order valence-electron chi connectivity index (χ4n) is 1.90. The van der Waals surface area contributed by atoms with E-state index in [1.54, 1.807) is 11.3 Å².